The van der Waals surface area contributed by atoms with Crippen molar-refractivity contribution < 1.29 is 4.79 Å². The molecule has 1 aliphatic heterocycles. The molecular weight excluding hydrogens is 330 g/mol. The fraction of sp³-hybridized carbons (Fsp3) is 0.611. The summed E-state index contributed by atoms with van der Waals surface area (Å²) >= 11 is 0. The lowest BCUT2D eigenvalue weighted by molar-refractivity contribution is 0.0673. The molecule has 0 aromatic carbocycles. The Kier molecular flexibility index (Phi) is 4.13. The summed E-state index contributed by atoms with van der Waals surface area (Å²) in [5, 5.41) is 8.70. The first-order valence-electron chi connectivity index (χ1n) is 9.28. The van der Waals surface area contributed by atoms with Crippen molar-refractivity contribution in [2.24, 2.45) is 5.92 Å². The minimum Gasteiger partial charge on any atom is -0.368 e. The smallest absolute Gasteiger partial charge is 0.273 e. The fourth-order valence-electron chi connectivity index (χ4n) is 3.65. The second kappa shape index (κ2) is 6.34. The molecule has 138 valence electrons. The fourth-order valence-corrected chi connectivity index (χ4v) is 3.65. The van der Waals surface area contributed by atoms with Crippen LogP contribution in [0.25, 0.3) is 0 Å². The molecule has 1 fully saturated rings. The van der Waals surface area contributed by atoms with Crippen molar-refractivity contribution in [2.75, 3.05) is 12.3 Å². The molecule has 1 atom stereocenters. The SMILES string of the molecule is CC(C)Cc1cc(C(=O)N2Cc3nnc(C4CC4)n3[C@@H](C)C2)nc(N)n1. The molecule has 8 nitrogen and oxygen atoms in total. The molecule has 0 spiro atoms. The average Bonchev–Trinajstić information content (AvgIpc) is 3.32. The summed E-state index contributed by atoms with van der Waals surface area (Å²) in [7, 11) is 0. The van der Waals surface area contributed by atoms with E-state index in [1.165, 1.54) is 12.8 Å². The number of carbonyl (C=O) groups excluding carboxylic acids is 1. The maximum absolute atomic E-state index is 13.0. The molecule has 2 aromatic rings. The minimum atomic E-state index is -0.127. The first-order chi connectivity index (χ1) is 12.4. The Morgan fingerprint density at radius 2 is 2.08 bits per heavy atom. The van der Waals surface area contributed by atoms with Gasteiger partial charge in [-0.25, -0.2) is 9.97 Å². The van der Waals surface area contributed by atoms with E-state index in [0.717, 1.165) is 23.8 Å². The summed E-state index contributed by atoms with van der Waals surface area (Å²) in [5.41, 5.74) is 6.99. The highest BCUT2D eigenvalue weighted by molar-refractivity contribution is 5.92. The van der Waals surface area contributed by atoms with Crippen LogP contribution in [0, 0.1) is 5.92 Å². The Morgan fingerprint density at radius 3 is 2.77 bits per heavy atom. The predicted molar refractivity (Wildman–Crippen MR) is 96.4 cm³/mol. The standard InChI is InChI=1S/C18H25N7O/c1-10(2)6-13-7-14(21-18(19)20-13)17(26)24-8-11(3)25-15(9-24)22-23-16(25)12-4-5-12/h7,10-12H,4-6,8-9H2,1-3H3,(H2,19,20,21)/t11-/m0/s1. The normalized spacial score (nSPS) is 19.7. The van der Waals surface area contributed by atoms with Crippen molar-refractivity contribution >= 4 is 11.9 Å². The monoisotopic (exact) mass is 355 g/mol. The van der Waals surface area contributed by atoms with Crippen LogP contribution >= 0.6 is 0 Å². The van der Waals surface area contributed by atoms with Crippen molar-refractivity contribution in [1.82, 2.24) is 29.6 Å². The number of amides is 1. The van der Waals surface area contributed by atoms with Gasteiger partial charge in [-0.1, -0.05) is 13.8 Å². The maximum atomic E-state index is 13.0. The Labute approximate surface area is 152 Å². The van der Waals surface area contributed by atoms with Crippen molar-refractivity contribution in [2.45, 2.75) is 58.5 Å². The Bertz CT molecular complexity index is 840. The van der Waals surface area contributed by atoms with E-state index < -0.39 is 0 Å². The van der Waals surface area contributed by atoms with Crippen molar-refractivity contribution in [3.63, 3.8) is 0 Å². The highest BCUT2D eigenvalue weighted by atomic mass is 16.2. The van der Waals surface area contributed by atoms with Crippen LogP contribution in [-0.2, 0) is 13.0 Å². The second-order valence-corrected chi connectivity index (χ2v) is 7.85. The van der Waals surface area contributed by atoms with Gasteiger partial charge in [0.2, 0.25) is 5.95 Å². The van der Waals surface area contributed by atoms with Gasteiger partial charge < -0.3 is 15.2 Å². The number of nitrogens with two attached hydrogens (primary N) is 1. The quantitative estimate of drug-likeness (QED) is 0.899. The lowest BCUT2D eigenvalue weighted by Crippen LogP contribution is -2.41. The molecule has 0 saturated heterocycles. The van der Waals surface area contributed by atoms with Gasteiger partial charge in [-0.2, -0.15) is 0 Å². The molecule has 2 aliphatic rings. The van der Waals surface area contributed by atoms with Gasteiger partial charge in [-0.3, -0.25) is 4.79 Å². The van der Waals surface area contributed by atoms with Crippen molar-refractivity contribution in [3.8, 4) is 0 Å². The number of nitrogens with zero attached hydrogens (tertiary/aromatic N) is 6. The first kappa shape index (κ1) is 16.9. The molecule has 2 aromatic heterocycles. The highest BCUT2D eigenvalue weighted by Crippen LogP contribution is 2.41. The van der Waals surface area contributed by atoms with Gasteiger partial charge in [0, 0.05) is 18.2 Å². The van der Waals surface area contributed by atoms with Crippen molar-refractivity contribution in [3.05, 3.63) is 29.1 Å². The lowest BCUT2D eigenvalue weighted by Gasteiger charge is -2.32. The third kappa shape index (κ3) is 3.15. The Hall–Kier alpha value is -2.51. The molecule has 26 heavy (non-hydrogen) atoms. The largest absolute Gasteiger partial charge is 0.368 e. The van der Waals surface area contributed by atoms with Crippen LogP contribution in [0.2, 0.25) is 0 Å². The summed E-state index contributed by atoms with van der Waals surface area (Å²) in [6.07, 6.45) is 3.14. The molecule has 4 rings (SSSR count). The van der Waals surface area contributed by atoms with Gasteiger partial charge >= 0.3 is 0 Å². The molecule has 0 radical (unpaired) electrons. The number of fused-ring (bicyclic) bond motifs is 1. The van der Waals surface area contributed by atoms with E-state index in [9.17, 15) is 4.79 Å². The van der Waals surface area contributed by atoms with Crippen LogP contribution in [0.1, 0.15) is 73.4 Å². The van der Waals surface area contributed by atoms with E-state index in [-0.39, 0.29) is 17.9 Å². The van der Waals surface area contributed by atoms with E-state index in [1.807, 2.05) is 0 Å². The number of aromatic nitrogens is 5. The molecule has 0 unspecified atom stereocenters. The van der Waals surface area contributed by atoms with Crippen LogP contribution in [0.5, 0.6) is 0 Å². The summed E-state index contributed by atoms with van der Waals surface area (Å²) in [4.78, 5) is 23.2. The summed E-state index contributed by atoms with van der Waals surface area (Å²) in [5.74, 6) is 2.92. The van der Waals surface area contributed by atoms with Gasteiger partial charge in [-0.05, 0) is 38.2 Å². The summed E-state index contributed by atoms with van der Waals surface area (Å²) in [6.45, 7) is 7.39. The zero-order valence-corrected chi connectivity index (χ0v) is 15.5. The van der Waals surface area contributed by atoms with Crippen LogP contribution in [-0.4, -0.2) is 42.1 Å². The van der Waals surface area contributed by atoms with Gasteiger partial charge in [0.1, 0.15) is 11.5 Å². The molecule has 1 saturated carbocycles. The lowest BCUT2D eigenvalue weighted by atomic mass is 10.1. The van der Waals surface area contributed by atoms with Crippen LogP contribution in [0.15, 0.2) is 6.07 Å². The number of hydrogen-bond acceptors (Lipinski definition) is 6. The molecule has 0 bridgehead atoms. The zero-order chi connectivity index (χ0) is 18.4. The molecule has 3 heterocycles. The minimum absolute atomic E-state index is 0.127. The molecular formula is C18H25N7O. The topological polar surface area (TPSA) is 103 Å². The number of nitrogen functional groups attached to an aromatic ring is 1. The third-order valence-electron chi connectivity index (χ3n) is 4.91. The van der Waals surface area contributed by atoms with Gasteiger partial charge in [-0.15, -0.1) is 10.2 Å². The van der Waals surface area contributed by atoms with E-state index >= 15 is 0 Å². The second-order valence-electron chi connectivity index (χ2n) is 7.85. The highest BCUT2D eigenvalue weighted by Gasteiger charge is 2.36. The first-order valence-corrected chi connectivity index (χ1v) is 9.28. The van der Waals surface area contributed by atoms with E-state index in [2.05, 4.69) is 45.5 Å². The Morgan fingerprint density at radius 1 is 1.31 bits per heavy atom. The predicted octanol–water partition coefficient (Wildman–Crippen LogP) is 1.94. The van der Waals surface area contributed by atoms with Crippen molar-refractivity contribution in [1.29, 1.82) is 0 Å². The van der Waals surface area contributed by atoms with Gasteiger partial charge in [0.15, 0.2) is 5.82 Å². The van der Waals surface area contributed by atoms with Crippen LogP contribution in [0.3, 0.4) is 0 Å². The maximum Gasteiger partial charge on any atom is 0.273 e. The third-order valence-corrected chi connectivity index (χ3v) is 4.91. The van der Waals surface area contributed by atoms with E-state index in [1.54, 1.807) is 11.0 Å². The number of carbonyl (C=O) groups is 1. The molecule has 1 amide bonds. The van der Waals surface area contributed by atoms with Crippen LogP contribution < -0.4 is 5.73 Å². The van der Waals surface area contributed by atoms with Gasteiger partial charge in [0.25, 0.3) is 5.91 Å². The zero-order valence-electron chi connectivity index (χ0n) is 15.5. The van der Waals surface area contributed by atoms with Gasteiger partial charge in [0.05, 0.1) is 12.6 Å². The number of rotatable bonds is 4. The van der Waals surface area contributed by atoms with E-state index in [0.29, 0.717) is 30.6 Å². The summed E-state index contributed by atoms with van der Waals surface area (Å²) < 4.78 is 2.21. The van der Waals surface area contributed by atoms with E-state index in [4.69, 9.17) is 5.73 Å². The number of anilines is 1. The Balaban J connectivity index is 1.58. The number of hydrogen-bond donors (Lipinski definition) is 1. The molecule has 8 heteroatoms. The summed E-state index contributed by atoms with van der Waals surface area (Å²) in [6, 6.07) is 1.92. The van der Waals surface area contributed by atoms with Crippen LogP contribution in [0.4, 0.5) is 5.95 Å². The molecule has 2 N–H and O–H groups in total. The molecule has 1 aliphatic carbocycles. The average molecular weight is 355 g/mol.